The summed E-state index contributed by atoms with van der Waals surface area (Å²) >= 11 is 0. The van der Waals surface area contributed by atoms with Crippen molar-refractivity contribution in [2.24, 2.45) is 0 Å². The van der Waals surface area contributed by atoms with E-state index in [0.717, 1.165) is 25.8 Å². The molecule has 1 fully saturated rings. The van der Waals surface area contributed by atoms with Crippen molar-refractivity contribution in [2.45, 2.75) is 44.8 Å². The lowest BCUT2D eigenvalue weighted by Crippen LogP contribution is -2.31. The highest BCUT2D eigenvalue weighted by molar-refractivity contribution is 5.81. The summed E-state index contributed by atoms with van der Waals surface area (Å²) in [6.07, 6.45) is 3.00. The van der Waals surface area contributed by atoms with Gasteiger partial charge in [-0.3, -0.25) is 4.79 Å². The summed E-state index contributed by atoms with van der Waals surface area (Å²) in [5, 5.41) is 9.10. The van der Waals surface area contributed by atoms with Crippen molar-refractivity contribution in [3.05, 3.63) is 0 Å². The largest absolute Gasteiger partial charge is 0.393 e. The molecule has 13 heavy (non-hydrogen) atoms. The summed E-state index contributed by atoms with van der Waals surface area (Å²) in [5.41, 5.74) is 0. The first kappa shape index (κ1) is 10.7. The number of carbonyl (C=O) groups excluding carboxylic acids is 1. The Labute approximate surface area is 79.7 Å². The van der Waals surface area contributed by atoms with E-state index in [0.29, 0.717) is 18.2 Å². The van der Waals surface area contributed by atoms with Crippen LogP contribution in [0.15, 0.2) is 0 Å². The van der Waals surface area contributed by atoms with E-state index >= 15 is 0 Å². The third kappa shape index (κ3) is 3.44. The molecule has 1 aliphatic carbocycles. The van der Waals surface area contributed by atoms with E-state index in [-0.39, 0.29) is 6.10 Å². The van der Waals surface area contributed by atoms with Gasteiger partial charge in [0.2, 0.25) is 0 Å². The van der Waals surface area contributed by atoms with Crippen LogP contribution in [0.5, 0.6) is 0 Å². The van der Waals surface area contributed by atoms with Gasteiger partial charge in [0.15, 0.2) is 0 Å². The van der Waals surface area contributed by atoms with Gasteiger partial charge < -0.3 is 10.0 Å². The highest BCUT2D eigenvalue weighted by atomic mass is 16.3. The van der Waals surface area contributed by atoms with Gasteiger partial charge in [0.1, 0.15) is 5.78 Å². The fraction of sp³-hybridized carbons (Fsp3) is 0.900. The molecule has 0 aromatic heterocycles. The number of aliphatic hydroxyl groups excluding tert-OH is 1. The van der Waals surface area contributed by atoms with Gasteiger partial charge in [-0.1, -0.05) is 0 Å². The van der Waals surface area contributed by atoms with Gasteiger partial charge in [0.05, 0.1) is 6.10 Å². The summed E-state index contributed by atoms with van der Waals surface area (Å²) in [7, 11) is 2.03. The van der Waals surface area contributed by atoms with Crippen LogP contribution in [-0.2, 0) is 4.79 Å². The van der Waals surface area contributed by atoms with Gasteiger partial charge in [0.25, 0.3) is 0 Å². The molecule has 1 aliphatic rings. The molecule has 3 nitrogen and oxygen atoms in total. The fourth-order valence-corrected chi connectivity index (χ4v) is 1.74. The molecule has 1 saturated carbocycles. The van der Waals surface area contributed by atoms with Crippen LogP contribution in [0.4, 0.5) is 0 Å². The number of hydrogen-bond acceptors (Lipinski definition) is 3. The normalized spacial score (nSPS) is 25.5. The molecule has 1 N–H and O–H groups in total. The second-order valence-electron chi connectivity index (χ2n) is 4.05. The van der Waals surface area contributed by atoms with E-state index in [2.05, 4.69) is 4.90 Å². The van der Waals surface area contributed by atoms with Crippen LogP contribution in [0.25, 0.3) is 0 Å². The molecule has 0 saturated heterocycles. The van der Waals surface area contributed by atoms with Crippen LogP contribution in [0, 0.1) is 0 Å². The van der Waals surface area contributed by atoms with Crippen molar-refractivity contribution in [2.75, 3.05) is 13.6 Å². The van der Waals surface area contributed by atoms with E-state index < -0.39 is 0 Å². The number of carbonyl (C=O) groups is 1. The van der Waals surface area contributed by atoms with Crippen molar-refractivity contribution >= 4 is 5.78 Å². The molecular weight excluding hydrogens is 166 g/mol. The Morgan fingerprint density at radius 3 is 2.85 bits per heavy atom. The SMILES string of the molecule is CC(O)CCN(C)C1CCC(=O)C1. The molecule has 0 aliphatic heterocycles. The van der Waals surface area contributed by atoms with Crippen LogP contribution in [0.3, 0.4) is 0 Å². The predicted molar refractivity (Wildman–Crippen MR) is 51.6 cm³/mol. The minimum atomic E-state index is -0.237. The number of nitrogens with zero attached hydrogens (tertiary/aromatic N) is 1. The number of ketones is 1. The van der Waals surface area contributed by atoms with E-state index in [1.807, 2.05) is 7.05 Å². The second-order valence-corrected chi connectivity index (χ2v) is 4.05. The average molecular weight is 185 g/mol. The topological polar surface area (TPSA) is 40.5 Å². The summed E-state index contributed by atoms with van der Waals surface area (Å²) < 4.78 is 0. The van der Waals surface area contributed by atoms with E-state index in [9.17, 15) is 4.79 Å². The molecule has 76 valence electrons. The maximum atomic E-state index is 11.0. The summed E-state index contributed by atoms with van der Waals surface area (Å²) in [6, 6.07) is 0.422. The van der Waals surface area contributed by atoms with Crippen LogP contribution in [0.1, 0.15) is 32.6 Å². The Morgan fingerprint density at radius 2 is 2.38 bits per heavy atom. The van der Waals surface area contributed by atoms with E-state index in [1.54, 1.807) is 6.92 Å². The molecule has 3 heteroatoms. The Hall–Kier alpha value is -0.410. The molecule has 2 atom stereocenters. The van der Waals surface area contributed by atoms with Crippen molar-refractivity contribution in [1.82, 2.24) is 4.90 Å². The highest BCUT2D eigenvalue weighted by Crippen LogP contribution is 2.19. The van der Waals surface area contributed by atoms with Gasteiger partial charge in [-0.2, -0.15) is 0 Å². The molecule has 0 aromatic rings. The molecule has 0 aromatic carbocycles. The number of Topliss-reactive ketones (excluding diaryl/α,β-unsaturated/α-hetero) is 1. The quantitative estimate of drug-likeness (QED) is 0.704. The third-order valence-electron chi connectivity index (χ3n) is 2.74. The molecule has 0 bridgehead atoms. The molecule has 0 radical (unpaired) electrons. The fourth-order valence-electron chi connectivity index (χ4n) is 1.74. The van der Waals surface area contributed by atoms with Crippen molar-refractivity contribution in [3.8, 4) is 0 Å². The van der Waals surface area contributed by atoms with Gasteiger partial charge in [-0.25, -0.2) is 0 Å². The molecule has 0 heterocycles. The lowest BCUT2D eigenvalue weighted by Gasteiger charge is -2.23. The Bertz CT molecular complexity index is 180. The summed E-state index contributed by atoms with van der Waals surface area (Å²) in [5.74, 6) is 0.383. The minimum absolute atomic E-state index is 0.237. The van der Waals surface area contributed by atoms with Crippen LogP contribution < -0.4 is 0 Å². The maximum Gasteiger partial charge on any atom is 0.134 e. The zero-order chi connectivity index (χ0) is 9.84. The Balaban J connectivity index is 2.23. The third-order valence-corrected chi connectivity index (χ3v) is 2.74. The highest BCUT2D eigenvalue weighted by Gasteiger charge is 2.25. The number of rotatable bonds is 4. The second kappa shape index (κ2) is 4.72. The van der Waals surface area contributed by atoms with Gasteiger partial charge in [0, 0.05) is 25.4 Å². The molecule has 0 amide bonds. The average Bonchev–Trinajstić information content (AvgIpc) is 2.47. The Morgan fingerprint density at radius 1 is 1.69 bits per heavy atom. The van der Waals surface area contributed by atoms with Crippen LogP contribution >= 0.6 is 0 Å². The van der Waals surface area contributed by atoms with Gasteiger partial charge in [-0.05, 0) is 26.8 Å². The first-order valence-corrected chi connectivity index (χ1v) is 4.99. The van der Waals surface area contributed by atoms with Gasteiger partial charge in [-0.15, -0.1) is 0 Å². The molecule has 2 unspecified atom stereocenters. The number of hydrogen-bond donors (Lipinski definition) is 1. The predicted octanol–water partition coefficient (Wildman–Crippen LogP) is 0.811. The molecule has 1 rings (SSSR count). The zero-order valence-corrected chi connectivity index (χ0v) is 8.49. The maximum absolute atomic E-state index is 11.0. The summed E-state index contributed by atoms with van der Waals surface area (Å²) in [6.45, 7) is 2.68. The Kier molecular flexibility index (Phi) is 3.88. The van der Waals surface area contributed by atoms with Gasteiger partial charge >= 0.3 is 0 Å². The summed E-state index contributed by atoms with van der Waals surface area (Å²) in [4.78, 5) is 13.2. The van der Waals surface area contributed by atoms with Crippen molar-refractivity contribution < 1.29 is 9.90 Å². The first-order chi connectivity index (χ1) is 6.09. The molecular formula is C10H19NO2. The van der Waals surface area contributed by atoms with E-state index in [1.165, 1.54) is 0 Å². The number of aliphatic hydroxyl groups is 1. The van der Waals surface area contributed by atoms with Crippen LogP contribution in [0.2, 0.25) is 0 Å². The smallest absolute Gasteiger partial charge is 0.134 e. The minimum Gasteiger partial charge on any atom is -0.393 e. The molecule has 0 spiro atoms. The van der Waals surface area contributed by atoms with Crippen molar-refractivity contribution in [1.29, 1.82) is 0 Å². The lowest BCUT2D eigenvalue weighted by molar-refractivity contribution is -0.117. The zero-order valence-electron chi connectivity index (χ0n) is 8.49. The van der Waals surface area contributed by atoms with Crippen LogP contribution in [-0.4, -0.2) is 41.5 Å². The monoisotopic (exact) mass is 185 g/mol. The van der Waals surface area contributed by atoms with E-state index in [4.69, 9.17) is 5.11 Å². The lowest BCUT2D eigenvalue weighted by atomic mass is 10.2. The first-order valence-electron chi connectivity index (χ1n) is 4.99. The van der Waals surface area contributed by atoms with Crippen molar-refractivity contribution in [3.63, 3.8) is 0 Å². The standard InChI is InChI=1S/C10H19NO2/c1-8(12)5-6-11(2)9-3-4-10(13)7-9/h8-9,12H,3-7H2,1-2H3.